The predicted molar refractivity (Wildman–Crippen MR) is 85.4 cm³/mol. The molecular weight excluding hydrogens is 312 g/mol. The van der Waals surface area contributed by atoms with Crippen LogP contribution < -0.4 is 10.5 Å². The average molecular weight is 326 g/mol. The zero-order chi connectivity index (χ0) is 14.8. The van der Waals surface area contributed by atoms with Gasteiger partial charge in [-0.25, -0.2) is 13.1 Å². The summed E-state index contributed by atoms with van der Waals surface area (Å²) in [7, 11) is -3.56. The van der Waals surface area contributed by atoms with Gasteiger partial charge in [-0.1, -0.05) is 30.4 Å². The van der Waals surface area contributed by atoms with Crippen LogP contribution in [0.25, 0.3) is 0 Å². The van der Waals surface area contributed by atoms with Crippen molar-refractivity contribution < 1.29 is 8.42 Å². The van der Waals surface area contributed by atoms with Crippen LogP contribution in [0.2, 0.25) is 0 Å². The number of hydrogen-bond acceptors (Lipinski definition) is 4. The van der Waals surface area contributed by atoms with Crippen molar-refractivity contribution in [3.63, 3.8) is 0 Å². The van der Waals surface area contributed by atoms with Crippen molar-refractivity contribution in [2.24, 2.45) is 5.73 Å². The molecule has 1 aromatic heterocycles. The molecule has 7 heteroatoms. The van der Waals surface area contributed by atoms with Gasteiger partial charge < -0.3 is 5.73 Å². The summed E-state index contributed by atoms with van der Waals surface area (Å²) in [6.07, 6.45) is 0. The van der Waals surface area contributed by atoms with Crippen molar-refractivity contribution >= 4 is 38.6 Å². The number of rotatable bonds is 5. The zero-order valence-electron chi connectivity index (χ0n) is 10.7. The maximum absolute atomic E-state index is 12.2. The van der Waals surface area contributed by atoms with Crippen molar-refractivity contribution in [1.29, 1.82) is 0 Å². The van der Waals surface area contributed by atoms with Gasteiger partial charge in [-0.3, -0.25) is 0 Å². The molecule has 3 N–H and O–H groups in total. The van der Waals surface area contributed by atoms with Crippen LogP contribution in [0, 0.1) is 0 Å². The molecule has 4 nitrogen and oxygen atoms in total. The van der Waals surface area contributed by atoms with Crippen LogP contribution in [0.5, 0.6) is 0 Å². The Morgan fingerprint density at radius 3 is 2.45 bits per heavy atom. The highest BCUT2D eigenvalue weighted by Crippen LogP contribution is 2.21. The maximum Gasteiger partial charge on any atom is 0.241 e. The van der Waals surface area contributed by atoms with Gasteiger partial charge in [0.25, 0.3) is 0 Å². The number of benzene rings is 1. The molecule has 0 radical (unpaired) electrons. The van der Waals surface area contributed by atoms with E-state index in [-0.39, 0.29) is 15.9 Å². The molecule has 1 heterocycles. The van der Waals surface area contributed by atoms with Crippen LogP contribution >= 0.6 is 23.6 Å². The molecule has 0 saturated heterocycles. The third kappa shape index (κ3) is 3.43. The van der Waals surface area contributed by atoms with Crippen LogP contribution in [0.4, 0.5) is 0 Å². The summed E-state index contributed by atoms with van der Waals surface area (Å²) in [5.41, 5.74) is 6.13. The lowest BCUT2D eigenvalue weighted by Gasteiger charge is -2.13. The third-order valence-corrected chi connectivity index (χ3v) is 5.60. The van der Waals surface area contributed by atoms with Gasteiger partial charge in [0.1, 0.15) is 4.99 Å². The van der Waals surface area contributed by atoms with Crippen LogP contribution in [-0.2, 0) is 10.0 Å². The van der Waals surface area contributed by atoms with E-state index in [0.29, 0.717) is 5.56 Å². The van der Waals surface area contributed by atoms with E-state index in [4.69, 9.17) is 18.0 Å². The fourth-order valence-corrected chi connectivity index (χ4v) is 3.86. The molecule has 0 aliphatic heterocycles. The van der Waals surface area contributed by atoms with Gasteiger partial charge in [0.2, 0.25) is 10.0 Å². The van der Waals surface area contributed by atoms with Crippen molar-refractivity contribution in [3.8, 4) is 0 Å². The minimum atomic E-state index is -3.56. The number of thiocarbonyl (C=S) groups is 1. The molecule has 0 aliphatic rings. The molecule has 0 fully saturated rings. The Bertz CT molecular complexity index is 692. The molecule has 2 rings (SSSR count). The van der Waals surface area contributed by atoms with Crippen LogP contribution in [0.3, 0.4) is 0 Å². The number of sulfonamides is 1. The molecule has 2 aromatic rings. The SMILES string of the molecule is CC(NS(=O)(=O)c1ccc(C(N)=S)cc1)c1cccs1. The van der Waals surface area contributed by atoms with E-state index < -0.39 is 10.0 Å². The second kappa shape index (κ2) is 6.01. The summed E-state index contributed by atoms with van der Waals surface area (Å²) in [6, 6.07) is 9.72. The Balaban J connectivity index is 2.20. The Morgan fingerprint density at radius 1 is 1.30 bits per heavy atom. The van der Waals surface area contributed by atoms with Gasteiger partial charge in [-0.2, -0.15) is 0 Å². The van der Waals surface area contributed by atoms with Gasteiger partial charge in [-0.15, -0.1) is 11.3 Å². The average Bonchev–Trinajstić information content (AvgIpc) is 2.92. The third-order valence-electron chi connectivity index (χ3n) is 2.75. The highest BCUT2D eigenvalue weighted by molar-refractivity contribution is 7.89. The van der Waals surface area contributed by atoms with E-state index in [1.165, 1.54) is 23.5 Å². The molecule has 0 amide bonds. The summed E-state index contributed by atoms with van der Waals surface area (Å²) < 4.78 is 27.1. The van der Waals surface area contributed by atoms with E-state index in [0.717, 1.165) is 4.88 Å². The first-order chi connectivity index (χ1) is 9.40. The van der Waals surface area contributed by atoms with E-state index in [9.17, 15) is 8.42 Å². The van der Waals surface area contributed by atoms with E-state index in [1.54, 1.807) is 12.1 Å². The molecule has 106 valence electrons. The first-order valence-corrected chi connectivity index (χ1v) is 8.63. The molecule has 1 atom stereocenters. The Hall–Kier alpha value is -1.28. The van der Waals surface area contributed by atoms with Gasteiger partial charge >= 0.3 is 0 Å². The Morgan fingerprint density at radius 2 is 1.95 bits per heavy atom. The standard InChI is InChI=1S/C13H14N2O2S3/c1-9(12-3-2-8-19-12)15-20(16,17)11-6-4-10(5-7-11)13(14)18/h2-9,15H,1H3,(H2,14,18). The molecule has 1 aromatic carbocycles. The highest BCUT2D eigenvalue weighted by Gasteiger charge is 2.18. The monoisotopic (exact) mass is 326 g/mol. The minimum Gasteiger partial charge on any atom is -0.389 e. The number of nitrogens with one attached hydrogen (secondary N) is 1. The van der Waals surface area contributed by atoms with Gasteiger partial charge in [0.15, 0.2) is 0 Å². The molecule has 20 heavy (non-hydrogen) atoms. The van der Waals surface area contributed by atoms with Gasteiger partial charge in [0.05, 0.1) is 10.9 Å². The molecule has 1 unspecified atom stereocenters. The first kappa shape index (κ1) is 15.1. The quantitative estimate of drug-likeness (QED) is 0.828. The first-order valence-electron chi connectivity index (χ1n) is 5.86. The normalized spacial score (nSPS) is 13.1. The summed E-state index contributed by atoms with van der Waals surface area (Å²) in [6.45, 7) is 1.81. The van der Waals surface area contributed by atoms with E-state index >= 15 is 0 Å². The Labute approximate surface area is 127 Å². The number of nitrogens with two attached hydrogens (primary N) is 1. The van der Waals surface area contributed by atoms with Crippen LogP contribution in [0.1, 0.15) is 23.4 Å². The smallest absolute Gasteiger partial charge is 0.241 e. The van der Waals surface area contributed by atoms with Crippen molar-refractivity contribution in [2.45, 2.75) is 17.9 Å². The second-order valence-corrected chi connectivity index (χ2v) is 7.38. The van der Waals surface area contributed by atoms with Crippen molar-refractivity contribution in [3.05, 3.63) is 52.2 Å². The Kier molecular flexibility index (Phi) is 4.54. The van der Waals surface area contributed by atoms with Crippen LogP contribution in [0.15, 0.2) is 46.7 Å². The molecule has 0 bridgehead atoms. The lowest BCUT2D eigenvalue weighted by Crippen LogP contribution is -2.26. The van der Waals surface area contributed by atoms with E-state index in [1.807, 2.05) is 24.4 Å². The summed E-state index contributed by atoms with van der Waals surface area (Å²) >= 11 is 6.35. The van der Waals surface area contributed by atoms with E-state index in [2.05, 4.69) is 4.72 Å². The number of hydrogen-bond donors (Lipinski definition) is 2. The zero-order valence-corrected chi connectivity index (χ0v) is 13.2. The second-order valence-electron chi connectivity index (χ2n) is 4.25. The van der Waals surface area contributed by atoms with Crippen LogP contribution in [-0.4, -0.2) is 13.4 Å². The van der Waals surface area contributed by atoms with Crippen molar-refractivity contribution in [2.75, 3.05) is 0 Å². The molecule has 0 saturated carbocycles. The fraction of sp³-hybridized carbons (Fsp3) is 0.154. The maximum atomic E-state index is 12.2. The summed E-state index contributed by atoms with van der Waals surface area (Å²) in [4.78, 5) is 1.41. The lowest BCUT2D eigenvalue weighted by molar-refractivity contribution is 0.568. The summed E-state index contributed by atoms with van der Waals surface area (Å²) in [5, 5.41) is 1.91. The minimum absolute atomic E-state index is 0.195. The van der Waals surface area contributed by atoms with Gasteiger partial charge in [0, 0.05) is 10.4 Å². The molecule has 0 spiro atoms. The lowest BCUT2D eigenvalue weighted by atomic mass is 10.2. The number of thiophene rings is 1. The summed E-state index contributed by atoms with van der Waals surface area (Å²) in [5.74, 6) is 0. The highest BCUT2D eigenvalue weighted by atomic mass is 32.2. The predicted octanol–water partition coefficient (Wildman–Crippen LogP) is 2.42. The molecule has 0 aliphatic carbocycles. The fourth-order valence-electron chi connectivity index (χ4n) is 1.69. The largest absolute Gasteiger partial charge is 0.389 e. The van der Waals surface area contributed by atoms with Gasteiger partial charge in [-0.05, 0) is 30.5 Å². The topological polar surface area (TPSA) is 72.2 Å². The van der Waals surface area contributed by atoms with Crippen molar-refractivity contribution in [1.82, 2.24) is 4.72 Å². The molecular formula is C13H14N2O2S3.